The van der Waals surface area contributed by atoms with E-state index < -0.39 is 0 Å². The average molecular weight is 186 g/mol. The van der Waals surface area contributed by atoms with E-state index in [2.05, 4.69) is 31.7 Å². The second-order valence-electron chi connectivity index (χ2n) is 2.97. The molecule has 0 atom stereocenters. The fourth-order valence-electron chi connectivity index (χ4n) is 0.804. The first-order valence-corrected chi connectivity index (χ1v) is 4.88. The molecule has 0 bridgehead atoms. The van der Waals surface area contributed by atoms with Gasteiger partial charge >= 0.3 is 0 Å². The van der Waals surface area contributed by atoms with Gasteiger partial charge in [0.1, 0.15) is 0 Å². The second kappa shape index (κ2) is 7.44. The van der Waals surface area contributed by atoms with Crippen LogP contribution in [0.4, 0.5) is 0 Å². The monoisotopic (exact) mass is 186 g/mol. The Morgan fingerprint density at radius 3 is 2.08 bits per heavy atom. The van der Waals surface area contributed by atoms with Gasteiger partial charge in [0.15, 0.2) is 0 Å². The zero-order valence-electron chi connectivity index (χ0n) is 7.88. The zero-order valence-corrected chi connectivity index (χ0v) is 8.77. The van der Waals surface area contributed by atoms with Gasteiger partial charge in [0.25, 0.3) is 0 Å². The van der Waals surface area contributed by atoms with Crippen molar-refractivity contribution in [2.24, 2.45) is 0 Å². The van der Waals surface area contributed by atoms with Crippen molar-refractivity contribution in [1.29, 1.82) is 0 Å². The van der Waals surface area contributed by atoms with E-state index in [0.717, 1.165) is 18.6 Å². The summed E-state index contributed by atoms with van der Waals surface area (Å²) in [5, 5.41) is 8.63. The van der Waals surface area contributed by atoms with Crippen molar-refractivity contribution in [2.75, 3.05) is 12.4 Å². The summed E-state index contributed by atoms with van der Waals surface area (Å²) in [5.74, 6) is 0.898. The Labute approximate surface area is 80.6 Å². The SMILES string of the molecule is C/C(=C\C=C(/C)CCS)CCO. The quantitative estimate of drug-likeness (QED) is 0.499. The van der Waals surface area contributed by atoms with Crippen LogP contribution < -0.4 is 0 Å². The molecular formula is C10H18OS. The minimum absolute atomic E-state index is 0.238. The van der Waals surface area contributed by atoms with Gasteiger partial charge in [0, 0.05) is 6.61 Å². The number of allylic oxidation sites excluding steroid dienone is 3. The van der Waals surface area contributed by atoms with E-state index in [1.807, 2.05) is 6.92 Å². The summed E-state index contributed by atoms with van der Waals surface area (Å²) in [7, 11) is 0. The van der Waals surface area contributed by atoms with Gasteiger partial charge in [-0.15, -0.1) is 0 Å². The van der Waals surface area contributed by atoms with E-state index in [-0.39, 0.29) is 6.61 Å². The molecule has 0 amide bonds. The molecule has 2 heteroatoms. The van der Waals surface area contributed by atoms with Crippen molar-refractivity contribution >= 4 is 12.6 Å². The smallest absolute Gasteiger partial charge is 0.0468 e. The molecule has 0 aliphatic rings. The van der Waals surface area contributed by atoms with Crippen molar-refractivity contribution < 1.29 is 5.11 Å². The van der Waals surface area contributed by atoms with Crippen molar-refractivity contribution in [2.45, 2.75) is 26.7 Å². The van der Waals surface area contributed by atoms with Crippen LogP contribution in [0.15, 0.2) is 23.3 Å². The summed E-state index contributed by atoms with van der Waals surface area (Å²) in [6, 6.07) is 0. The molecule has 0 rings (SSSR count). The van der Waals surface area contributed by atoms with E-state index >= 15 is 0 Å². The molecule has 0 fully saturated rings. The van der Waals surface area contributed by atoms with Crippen molar-refractivity contribution in [3.05, 3.63) is 23.3 Å². The third-order valence-corrected chi connectivity index (χ3v) is 1.89. The second-order valence-corrected chi connectivity index (χ2v) is 3.42. The molecule has 0 spiro atoms. The van der Waals surface area contributed by atoms with Crippen LogP contribution in [0.25, 0.3) is 0 Å². The van der Waals surface area contributed by atoms with Crippen LogP contribution >= 0.6 is 12.6 Å². The predicted molar refractivity (Wildman–Crippen MR) is 57.7 cm³/mol. The lowest BCUT2D eigenvalue weighted by molar-refractivity contribution is 0.299. The largest absolute Gasteiger partial charge is 0.396 e. The molecule has 0 aliphatic carbocycles. The van der Waals surface area contributed by atoms with E-state index in [9.17, 15) is 0 Å². The zero-order chi connectivity index (χ0) is 9.40. The summed E-state index contributed by atoms with van der Waals surface area (Å²) < 4.78 is 0. The number of aliphatic hydroxyl groups is 1. The number of hydrogen-bond acceptors (Lipinski definition) is 2. The number of hydrogen-bond donors (Lipinski definition) is 2. The van der Waals surface area contributed by atoms with E-state index in [0.29, 0.717) is 0 Å². The molecule has 0 saturated heterocycles. The lowest BCUT2D eigenvalue weighted by atomic mass is 10.1. The van der Waals surface area contributed by atoms with Crippen LogP contribution in [-0.2, 0) is 0 Å². The molecular weight excluding hydrogens is 168 g/mol. The maximum atomic E-state index is 8.63. The highest BCUT2D eigenvalue weighted by Gasteiger charge is 1.87. The molecule has 0 saturated carbocycles. The predicted octanol–water partition coefficient (Wildman–Crippen LogP) is 2.58. The fraction of sp³-hybridized carbons (Fsp3) is 0.600. The van der Waals surface area contributed by atoms with Crippen LogP contribution in [0, 0.1) is 0 Å². The number of thiol groups is 1. The molecule has 12 heavy (non-hydrogen) atoms. The third-order valence-electron chi connectivity index (χ3n) is 1.66. The minimum atomic E-state index is 0.238. The van der Waals surface area contributed by atoms with Crippen LogP contribution in [0.1, 0.15) is 26.7 Å². The Morgan fingerprint density at radius 1 is 1.17 bits per heavy atom. The maximum Gasteiger partial charge on any atom is 0.0468 e. The minimum Gasteiger partial charge on any atom is -0.396 e. The molecule has 0 aromatic heterocycles. The highest BCUT2D eigenvalue weighted by molar-refractivity contribution is 7.80. The Hall–Kier alpha value is -0.210. The van der Waals surface area contributed by atoms with Gasteiger partial charge in [-0.2, -0.15) is 12.6 Å². The molecule has 70 valence electrons. The highest BCUT2D eigenvalue weighted by Crippen LogP contribution is 2.04. The average Bonchev–Trinajstić information content (AvgIpc) is 2.02. The van der Waals surface area contributed by atoms with Crippen LogP contribution in [0.3, 0.4) is 0 Å². The standard InChI is InChI=1S/C10H18OS/c1-9(5-7-11)3-4-10(2)6-8-12/h3-4,11-12H,5-8H2,1-2H3/b9-3+,10-4+. The number of aliphatic hydroxyl groups excluding tert-OH is 1. The van der Waals surface area contributed by atoms with E-state index in [1.54, 1.807) is 0 Å². The summed E-state index contributed by atoms with van der Waals surface area (Å²) in [5.41, 5.74) is 2.55. The first kappa shape index (κ1) is 11.8. The van der Waals surface area contributed by atoms with Gasteiger partial charge in [0.2, 0.25) is 0 Å². The Balaban J connectivity index is 3.89. The van der Waals surface area contributed by atoms with E-state index in [4.69, 9.17) is 5.11 Å². The Bertz CT molecular complexity index is 151. The molecule has 1 N–H and O–H groups in total. The van der Waals surface area contributed by atoms with Crippen LogP contribution in [-0.4, -0.2) is 17.5 Å². The lowest BCUT2D eigenvalue weighted by Crippen LogP contribution is -1.83. The van der Waals surface area contributed by atoms with Crippen molar-refractivity contribution in [3.63, 3.8) is 0 Å². The first-order valence-electron chi connectivity index (χ1n) is 4.25. The first-order chi connectivity index (χ1) is 5.70. The normalized spacial score (nSPS) is 13.7. The molecule has 1 nitrogen and oxygen atoms in total. The fourth-order valence-corrected chi connectivity index (χ4v) is 1.16. The Morgan fingerprint density at radius 2 is 1.67 bits per heavy atom. The summed E-state index contributed by atoms with van der Waals surface area (Å²) in [6.07, 6.45) is 5.97. The van der Waals surface area contributed by atoms with Gasteiger partial charge in [-0.05, 0) is 32.4 Å². The van der Waals surface area contributed by atoms with Crippen molar-refractivity contribution in [1.82, 2.24) is 0 Å². The van der Waals surface area contributed by atoms with Gasteiger partial charge in [-0.3, -0.25) is 0 Å². The van der Waals surface area contributed by atoms with E-state index in [1.165, 1.54) is 11.1 Å². The summed E-state index contributed by atoms with van der Waals surface area (Å²) in [6.45, 7) is 4.36. The maximum absolute atomic E-state index is 8.63. The molecule has 0 aromatic rings. The van der Waals surface area contributed by atoms with Gasteiger partial charge in [-0.1, -0.05) is 23.3 Å². The molecule has 0 unspecified atom stereocenters. The van der Waals surface area contributed by atoms with Crippen molar-refractivity contribution in [3.8, 4) is 0 Å². The lowest BCUT2D eigenvalue weighted by Gasteiger charge is -1.96. The van der Waals surface area contributed by atoms with Gasteiger partial charge in [0.05, 0.1) is 0 Å². The summed E-state index contributed by atoms with van der Waals surface area (Å²) in [4.78, 5) is 0. The van der Waals surface area contributed by atoms with Gasteiger partial charge in [-0.25, -0.2) is 0 Å². The van der Waals surface area contributed by atoms with Crippen LogP contribution in [0.2, 0.25) is 0 Å². The number of rotatable bonds is 5. The third kappa shape index (κ3) is 6.50. The van der Waals surface area contributed by atoms with Crippen LogP contribution in [0.5, 0.6) is 0 Å². The molecule has 0 aromatic carbocycles. The molecule has 0 aliphatic heterocycles. The Kier molecular flexibility index (Phi) is 7.31. The molecule has 0 heterocycles. The molecule has 0 radical (unpaired) electrons. The van der Waals surface area contributed by atoms with Gasteiger partial charge < -0.3 is 5.11 Å². The topological polar surface area (TPSA) is 20.2 Å². The summed E-state index contributed by atoms with van der Waals surface area (Å²) >= 11 is 4.14. The highest BCUT2D eigenvalue weighted by atomic mass is 32.1.